The molecule has 3 rings (SSSR count). The van der Waals surface area contributed by atoms with Gasteiger partial charge in [0.2, 0.25) is 0 Å². The van der Waals surface area contributed by atoms with Crippen LogP contribution in [0.5, 0.6) is 0 Å². The van der Waals surface area contributed by atoms with E-state index in [4.69, 9.17) is 0 Å². The van der Waals surface area contributed by atoms with Gasteiger partial charge in [-0.1, -0.05) is 12.8 Å². The molecule has 1 saturated heterocycles. The van der Waals surface area contributed by atoms with Crippen LogP contribution in [0.1, 0.15) is 51.4 Å². The number of fused-ring (bicyclic) bond motifs is 2. The zero-order valence-electron chi connectivity index (χ0n) is 10.3. The number of nitrogens with zero attached hydrogens (tertiary/aromatic N) is 1. The second kappa shape index (κ2) is 4.66. The van der Waals surface area contributed by atoms with Crippen LogP contribution in [-0.2, 0) is 0 Å². The molecule has 0 spiro atoms. The van der Waals surface area contributed by atoms with Gasteiger partial charge in [-0.15, -0.1) is 0 Å². The second-order valence-corrected chi connectivity index (χ2v) is 6.09. The van der Waals surface area contributed by atoms with E-state index in [1.54, 1.807) is 0 Å². The number of aliphatic hydroxyl groups excluding tert-OH is 1. The van der Waals surface area contributed by atoms with Crippen LogP contribution < -0.4 is 0 Å². The van der Waals surface area contributed by atoms with Crippen LogP contribution >= 0.6 is 0 Å². The number of hydrogen-bond acceptors (Lipinski definition) is 2. The molecule has 2 saturated carbocycles. The lowest BCUT2D eigenvalue weighted by atomic mass is 9.67. The van der Waals surface area contributed by atoms with Crippen molar-refractivity contribution >= 4 is 0 Å². The highest BCUT2D eigenvalue weighted by atomic mass is 16.3. The Morgan fingerprint density at radius 3 is 2.44 bits per heavy atom. The lowest BCUT2D eigenvalue weighted by Crippen LogP contribution is -2.53. The molecule has 2 aliphatic carbocycles. The zero-order valence-corrected chi connectivity index (χ0v) is 10.3. The van der Waals surface area contributed by atoms with Crippen LogP contribution in [0.3, 0.4) is 0 Å². The van der Waals surface area contributed by atoms with Gasteiger partial charge in [0, 0.05) is 12.0 Å². The summed E-state index contributed by atoms with van der Waals surface area (Å²) in [5.41, 5.74) is 0. The summed E-state index contributed by atoms with van der Waals surface area (Å²) in [7, 11) is 0. The molecule has 2 nitrogen and oxygen atoms in total. The Morgan fingerprint density at radius 2 is 1.62 bits per heavy atom. The molecule has 0 aromatic rings. The van der Waals surface area contributed by atoms with E-state index in [0.717, 1.165) is 0 Å². The molecule has 0 aromatic carbocycles. The SMILES string of the molecule is O[C@@H]1[C@H]2CCC[C@H]1[C@H](N1CCCCC1)CC2. The summed E-state index contributed by atoms with van der Waals surface area (Å²) in [4.78, 5) is 2.69. The molecular formula is C14H25NO. The summed E-state index contributed by atoms with van der Waals surface area (Å²) in [5.74, 6) is 1.24. The summed E-state index contributed by atoms with van der Waals surface area (Å²) < 4.78 is 0. The second-order valence-electron chi connectivity index (χ2n) is 6.09. The van der Waals surface area contributed by atoms with Gasteiger partial charge in [0.05, 0.1) is 6.10 Å². The van der Waals surface area contributed by atoms with Crippen molar-refractivity contribution in [1.82, 2.24) is 4.90 Å². The molecule has 2 heteroatoms. The van der Waals surface area contributed by atoms with E-state index in [1.165, 1.54) is 64.5 Å². The number of likely N-dealkylation sites (tertiary alicyclic amines) is 1. The first kappa shape index (κ1) is 11.0. The fraction of sp³-hybridized carbons (Fsp3) is 1.00. The molecule has 0 amide bonds. The Bertz CT molecular complexity index is 237. The minimum Gasteiger partial charge on any atom is -0.392 e. The lowest BCUT2D eigenvalue weighted by molar-refractivity contribution is -0.0659. The Balaban J connectivity index is 1.69. The molecule has 2 bridgehead atoms. The average molecular weight is 223 g/mol. The number of aliphatic hydroxyl groups is 1. The molecule has 1 aliphatic heterocycles. The average Bonchev–Trinajstić information content (AvgIpc) is 2.30. The van der Waals surface area contributed by atoms with Crippen molar-refractivity contribution in [3.63, 3.8) is 0 Å². The number of piperidine rings is 1. The van der Waals surface area contributed by atoms with Crippen LogP contribution in [0.15, 0.2) is 0 Å². The third kappa shape index (κ3) is 1.91. The fourth-order valence-electron chi connectivity index (χ4n) is 4.34. The molecule has 1 heterocycles. The van der Waals surface area contributed by atoms with Crippen LogP contribution in [0.25, 0.3) is 0 Å². The van der Waals surface area contributed by atoms with Crippen molar-refractivity contribution in [1.29, 1.82) is 0 Å². The van der Waals surface area contributed by atoms with Gasteiger partial charge in [-0.05, 0) is 57.5 Å². The van der Waals surface area contributed by atoms with Gasteiger partial charge in [-0.2, -0.15) is 0 Å². The Kier molecular flexibility index (Phi) is 3.21. The van der Waals surface area contributed by atoms with E-state index >= 15 is 0 Å². The predicted octanol–water partition coefficient (Wildman–Crippen LogP) is 2.41. The van der Waals surface area contributed by atoms with Crippen LogP contribution in [0.4, 0.5) is 0 Å². The van der Waals surface area contributed by atoms with Crippen LogP contribution in [-0.4, -0.2) is 35.2 Å². The summed E-state index contributed by atoms with van der Waals surface area (Å²) in [6, 6.07) is 0.715. The van der Waals surface area contributed by atoms with Gasteiger partial charge < -0.3 is 10.0 Å². The van der Waals surface area contributed by atoms with E-state index < -0.39 is 0 Å². The molecule has 3 fully saturated rings. The van der Waals surface area contributed by atoms with Gasteiger partial charge in [-0.3, -0.25) is 0 Å². The minimum atomic E-state index is 0.0226. The molecule has 3 aliphatic rings. The maximum atomic E-state index is 10.4. The lowest BCUT2D eigenvalue weighted by Gasteiger charge is -2.49. The van der Waals surface area contributed by atoms with Crippen molar-refractivity contribution in [2.75, 3.05) is 13.1 Å². The van der Waals surface area contributed by atoms with Crippen LogP contribution in [0.2, 0.25) is 0 Å². The van der Waals surface area contributed by atoms with E-state index in [2.05, 4.69) is 4.90 Å². The van der Waals surface area contributed by atoms with Crippen molar-refractivity contribution in [2.24, 2.45) is 11.8 Å². The normalized spacial score (nSPS) is 45.6. The first-order chi connectivity index (χ1) is 7.86. The van der Waals surface area contributed by atoms with Crippen molar-refractivity contribution in [2.45, 2.75) is 63.5 Å². The highest BCUT2D eigenvalue weighted by molar-refractivity contribution is 4.95. The summed E-state index contributed by atoms with van der Waals surface area (Å²) in [6.07, 6.45) is 10.7. The molecule has 0 unspecified atom stereocenters. The van der Waals surface area contributed by atoms with Gasteiger partial charge in [0.1, 0.15) is 0 Å². The van der Waals surface area contributed by atoms with E-state index in [1.807, 2.05) is 0 Å². The first-order valence-electron chi connectivity index (χ1n) is 7.28. The van der Waals surface area contributed by atoms with E-state index in [-0.39, 0.29) is 6.10 Å². The van der Waals surface area contributed by atoms with E-state index in [9.17, 15) is 5.11 Å². The highest BCUT2D eigenvalue weighted by Crippen LogP contribution is 2.42. The van der Waals surface area contributed by atoms with Crippen molar-refractivity contribution in [3.05, 3.63) is 0 Å². The maximum Gasteiger partial charge on any atom is 0.0611 e. The summed E-state index contributed by atoms with van der Waals surface area (Å²) in [5, 5.41) is 10.4. The van der Waals surface area contributed by atoms with Gasteiger partial charge >= 0.3 is 0 Å². The molecule has 1 N–H and O–H groups in total. The number of hydrogen-bond donors (Lipinski definition) is 1. The third-order valence-corrected chi connectivity index (χ3v) is 5.22. The maximum absolute atomic E-state index is 10.4. The molecule has 92 valence electrons. The Hall–Kier alpha value is -0.0800. The molecular weight excluding hydrogens is 198 g/mol. The standard InChI is InChI=1S/C14H25NO/c16-14-11-5-4-6-12(14)13(8-7-11)15-9-2-1-3-10-15/h11-14,16H,1-10H2/t11-,12-,13+,14+/m0/s1. The smallest absolute Gasteiger partial charge is 0.0611 e. The topological polar surface area (TPSA) is 23.5 Å². The molecule has 16 heavy (non-hydrogen) atoms. The van der Waals surface area contributed by atoms with E-state index in [0.29, 0.717) is 17.9 Å². The fourth-order valence-corrected chi connectivity index (χ4v) is 4.34. The van der Waals surface area contributed by atoms with Gasteiger partial charge in [0.15, 0.2) is 0 Å². The Morgan fingerprint density at radius 1 is 0.812 bits per heavy atom. The monoisotopic (exact) mass is 223 g/mol. The third-order valence-electron chi connectivity index (χ3n) is 5.22. The quantitative estimate of drug-likeness (QED) is 0.738. The zero-order chi connectivity index (χ0) is 11.0. The largest absolute Gasteiger partial charge is 0.392 e. The number of rotatable bonds is 1. The predicted molar refractivity (Wildman–Crippen MR) is 65.3 cm³/mol. The van der Waals surface area contributed by atoms with Gasteiger partial charge in [-0.25, -0.2) is 0 Å². The minimum absolute atomic E-state index is 0.0226. The van der Waals surface area contributed by atoms with Crippen molar-refractivity contribution < 1.29 is 5.11 Å². The summed E-state index contributed by atoms with van der Waals surface area (Å²) in [6.45, 7) is 2.58. The first-order valence-corrected chi connectivity index (χ1v) is 7.28. The van der Waals surface area contributed by atoms with Crippen molar-refractivity contribution in [3.8, 4) is 0 Å². The molecule has 4 atom stereocenters. The molecule has 0 aromatic heterocycles. The Labute approximate surface area is 99.0 Å². The van der Waals surface area contributed by atoms with Gasteiger partial charge in [0.25, 0.3) is 0 Å². The molecule has 0 radical (unpaired) electrons. The van der Waals surface area contributed by atoms with Crippen LogP contribution in [0, 0.1) is 11.8 Å². The highest BCUT2D eigenvalue weighted by Gasteiger charge is 2.42. The summed E-state index contributed by atoms with van der Waals surface area (Å²) >= 11 is 0.